The third-order valence-electron chi connectivity index (χ3n) is 5.53. The molecule has 2 heterocycles. The van der Waals surface area contributed by atoms with Crippen molar-refractivity contribution in [2.45, 2.75) is 38.0 Å². The summed E-state index contributed by atoms with van der Waals surface area (Å²) in [5, 5.41) is 11.0. The van der Waals surface area contributed by atoms with Gasteiger partial charge in [-0.2, -0.15) is 0 Å². The molecule has 0 radical (unpaired) electrons. The zero-order valence-electron chi connectivity index (χ0n) is 15.9. The van der Waals surface area contributed by atoms with Crippen LogP contribution in [0.25, 0.3) is 6.08 Å². The molecule has 1 aliphatic carbocycles. The molecular formula is C21H25FN4OS. The van der Waals surface area contributed by atoms with E-state index < -0.39 is 0 Å². The predicted molar refractivity (Wildman–Crippen MR) is 110 cm³/mol. The number of nitrogens with zero attached hydrogens (tertiary/aromatic N) is 4. The number of carbonyl (C=O) groups is 1. The van der Waals surface area contributed by atoms with Gasteiger partial charge in [-0.15, -0.1) is 10.2 Å². The lowest BCUT2D eigenvalue weighted by Crippen LogP contribution is -2.48. The maximum absolute atomic E-state index is 12.9. The van der Waals surface area contributed by atoms with Crippen molar-refractivity contribution in [2.75, 3.05) is 31.1 Å². The van der Waals surface area contributed by atoms with Gasteiger partial charge in [0.1, 0.15) is 10.8 Å². The lowest BCUT2D eigenvalue weighted by molar-refractivity contribution is -0.126. The van der Waals surface area contributed by atoms with Gasteiger partial charge >= 0.3 is 0 Å². The molecular weight excluding hydrogens is 375 g/mol. The van der Waals surface area contributed by atoms with Crippen LogP contribution in [0.5, 0.6) is 0 Å². The molecule has 0 spiro atoms. The molecule has 2 aromatic rings. The molecule has 2 fully saturated rings. The van der Waals surface area contributed by atoms with E-state index in [-0.39, 0.29) is 11.7 Å². The van der Waals surface area contributed by atoms with Crippen LogP contribution in [0.3, 0.4) is 0 Å². The van der Waals surface area contributed by atoms with Gasteiger partial charge in [0.15, 0.2) is 0 Å². The van der Waals surface area contributed by atoms with Gasteiger partial charge in [-0.05, 0) is 36.6 Å². The molecule has 5 nitrogen and oxygen atoms in total. The van der Waals surface area contributed by atoms with Crippen LogP contribution < -0.4 is 4.90 Å². The first kappa shape index (κ1) is 19.1. The molecule has 1 saturated heterocycles. The number of amides is 1. The fraction of sp³-hybridized carbons (Fsp3) is 0.476. The number of carbonyl (C=O) groups excluding carboxylic acids is 1. The molecule has 2 aliphatic rings. The van der Waals surface area contributed by atoms with E-state index in [1.165, 1.54) is 49.2 Å². The minimum atomic E-state index is -0.275. The van der Waals surface area contributed by atoms with Crippen LogP contribution in [0, 0.1) is 5.82 Å². The normalized spacial score (nSPS) is 18.8. The summed E-state index contributed by atoms with van der Waals surface area (Å²) in [5.74, 6) is 0.298. The van der Waals surface area contributed by atoms with Crippen LogP contribution >= 0.6 is 11.3 Å². The van der Waals surface area contributed by atoms with Gasteiger partial charge in [0, 0.05) is 38.2 Å². The van der Waals surface area contributed by atoms with Crippen molar-refractivity contribution >= 4 is 28.5 Å². The standard InChI is InChI=1S/C21H25FN4OS/c22-18-9-6-16(7-10-18)8-11-19(27)25-12-14-26(15-13-25)21-24-23-20(28-21)17-4-2-1-3-5-17/h6-11,17H,1-5,12-15H2/b11-8+. The number of hydrogen-bond donors (Lipinski definition) is 0. The predicted octanol–water partition coefficient (Wildman–Crippen LogP) is 4.09. The molecule has 1 saturated carbocycles. The van der Waals surface area contributed by atoms with Crippen LogP contribution in [0.4, 0.5) is 9.52 Å². The largest absolute Gasteiger partial charge is 0.343 e. The Balaban J connectivity index is 1.30. The van der Waals surface area contributed by atoms with E-state index >= 15 is 0 Å². The van der Waals surface area contributed by atoms with Crippen LogP contribution in [0.15, 0.2) is 30.3 Å². The Morgan fingerprint density at radius 2 is 1.75 bits per heavy atom. The minimum Gasteiger partial charge on any atom is -0.343 e. The van der Waals surface area contributed by atoms with Crippen molar-refractivity contribution in [3.05, 3.63) is 46.7 Å². The van der Waals surface area contributed by atoms with E-state index in [0.29, 0.717) is 19.0 Å². The molecule has 0 N–H and O–H groups in total. The lowest BCUT2D eigenvalue weighted by atomic mass is 9.90. The summed E-state index contributed by atoms with van der Waals surface area (Å²) < 4.78 is 12.9. The van der Waals surface area contributed by atoms with Crippen LogP contribution in [-0.2, 0) is 4.79 Å². The number of piperazine rings is 1. The Bertz CT molecular complexity index is 821. The van der Waals surface area contributed by atoms with Crippen molar-refractivity contribution in [2.24, 2.45) is 0 Å². The summed E-state index contributed by atoms with van der Waals surface area (Å²) in [4.78, 5) is 16.5. The van der Waals surface area contributed by atoms with Crippen molar-refractivity contribution in [3.63, 3.8) is 0 Å². The second kappa shape index (κ2) is 8.82. The maximum Gasteiger partial charge on any atom is 0.246 e. The molecule has 7 heteroatoms. The highest BCUT2D eigenvalue weighted by atomic mass is 32.1. The van der Waals surface area contributed by atoms with Crippen molar-refractivity contribution in [1.82, 2.24) is 15.1 Å². The van der Waals surface area contributed by atoms with E-state index in [1.54, 1.807) is 35.6 Å². The maximum atomic E-state index is 12.9. The van der Waals surface area contributed by atoms with Crippen molar-refractivity contribution < 1.29 is 9.18 Å². The van der Waals surface area contributed by atoms with Gasteiger partial charge in [-0.25, -0.2) is 4.39 Å². The molecule has 4 rings (SSSR count). The summed E-state index contributed by atoms with van der Waals surface area (Å²) in [7, 11) is 0. The zero-order chi connectivity index (χ0) is 19.3. The fourth-order valence-electron chi connectivity index (χ4n) is 3.83. The third kappa shape index (κ3) is 4.58. The quantitative estimate of drug-likeness (QED) is 0.726. The smallest absolute Gasteiger partial charge is 0.246 e. The van der Waals surface area contributed by atoms with Crippen molar-refractivity contribution in [1.29, 1.82) is 0 Å². The van der Waals surface area contributed by atoms with E-state index in [1.807, 2.05) is 4.90 Å². The summed E-state index contributed by atoms with van der Waals surface area (Å²) in [5.41, 5.74) is 0.817. The molecule has 148 valence electrons. The number of halogens is 1. The number of hydrogen-bond acceptors (Lipinski definition) is 5. The lowest BCUT2D eigenvalue weighted by Gasteiger charge is -2.33. The first-order valence-corrected chi connectivity index (χ1v) is 10.8. The van der Waals surface area contributed by atoms with E-state index in [2.05, 4.69) is 15.1 Å². The summed E-state index contributed by atoms with van der Waals surface area (Å²) in [6, 6.07) is 6.12. The molecule has 1 aliphatic heterocycles. The van der Waals surface area contributed by atoms with E-state index in [4.69, 9.17) is 0 Å². The van der Waals surface area contributed by atoms with Gasteiger partial charge in [-0.1, -0.05) is 42.7 Å². The first-order chi connectivity index (χ1) is 13.7. The Kier molecular flexibility index (Phi) is 6.00. The number of anilines is 1. The molecule has 0 unspecified atom stereocenters. The molecule has 1 aromatic heterocycles. The Morgan fingerprint density at radius 1 is 1.04 bits per heavy atom. The van der Waals surface area contributed by atoms with Gasteiger partial charge in [0.25, 0.3) is 0 Å². The summed E-state index contributed by atoms with van der Waals surface area (Å²) in [6.07, 6.45) is 9.70. The topological polar surface area (TPSA) is 49.3 Å². The van der Waals surface area contributed by atoms with Crippen LogP contribution in [0.1, 0.15) is 48.6 Å². The summed E-state index contributed by atoms with van der Waals surface area (Å²) in [6.45, 7) is 2.89. The van der Waals surface area contributed by atoms with E-state index in [9.17, 15) is 9.18 Å². The Hall–Kier alpha value is -2.28. The van der Waals surface area contributed by atoms with Gasteiger partial charge in [0.05, 0.1) is 0 Å². The van der Waals surface area contributed by atoms with Crippen molar-refractivity contribution in [3.8, 4) is 0 Å². The highest BCUT2D eigenvalue weighted by Gasteiger charge is 2.24. The van der Waals surface area contributed by atoms with Gasteiger partial charge < -0.3 is 9.80 Å². The highest BCUT2D eigenvalue weighted by molar-refractivity contribution is 7.15. The van der Waals surface area contributed by atoms with Gasteiger partial charge in [0.2, 0.25) is 11.0 Å². The molecule has 0 bridgehead atoms. The average Bonchev–Trinajstić information content (AvgIpc) is 3.24. The summed E-state index contributed by atoms with van der Waals surface area (Å²) >= 11 is 1.72. The second-order valence-electron chi connectivity index (χ2n) is 7.46. The Morgan fingerprint density at radius 3 is 2.46 bits per heavy atom. The molecule has 0 atom stereocenters. The molecule has 1 aromatic carbocycles. The number of benzene rings is 1. The van der Waals surface area contributed by atoms with Gasteiger partial charge in [-0.3, -0.25) is 4.79 Å². The molecule has 28 heavy (non-hydrogen) atoms. The monoisotopic (exact) mass is 400 g/mol. The number of rotatable bonds is 4. The average molecular weight is 401 g/mol. The van der Waals surface area contributed by atoms with E-state index in [0.717, 1.165) is 23.8 Å². The van der Waals surface area contributed by atoms with Crippen LogP contribution in [-0.4, -0.2) is 47.2 Å². The molecule has 1 amide bonds. The second-order valence-corrected chi connectivity index (χ2v) is 8.44. The Labute approximate surface area is 168 Å². The van der Waals surface area contributed by atoms with Crippen LogP contribution in [0.2, 0.25) is 0 Å². The SMILES string of the molecule is O=C(/C=C/c1ccc(F)cc1)N1CCN(c2nnc(C3CCCCC3)s2)CC1. The fourth-order valence-corrected chi connectivity index (χ4v) is 4.90. The highest BCUT2D eigenvalue weighted by Crippen LogP contribution is 2.36. The zero-order valence-corrected chi connectivity index (χ0v) is 16.7. The minimum absolute atomic E-state index is 0.0101. The number of aromatic nitrogens is 2. The first-order valence-electron chi connectivity index (χ1n) is 10.00. The third-order valence-corrected chi connectivity index (χ3v) is 6.68.